The van der Waals surface area contributed by atoms with Crippen LogP contribution in [0.2, 0.25) is 0 Å². The van der Waals surface area contributed by atoms with Gasteiger partial charge in [-0.1, -0.05) is 13.8 Å². The lowest BCUT2D eigenvalue weighted by Gasteiger charge is -2.15. The minimum atomic E-state index is -0.331. The van der Waals surface area contributed by atoms with Crippen molar-refractivity contribution < 1.29 is 34.7 Å². The molecule has 0 saturated heterocycles. The van der Waals surface area contributed by atoms with Gasteiger partial charge in [0, 0.05) is 30.0 Å². The number of carbonyl (C=O) groups is 1. The summed E-state index contributed by atoms with van der Waals surface area (Å²) in [6.07, 6.45) is 0.946. The number of phenolic OH excluding ortho intramolecular Hbond substituents is 4. The Morgan fingerprint density at radius 3 is 1.93 bits per heavy atom. The monoisotopic (exact) mass is 404 g/mol. The molecule has 0 amide bonds. The molecule has 0 spiro atoms. The molecule has 0 unspecified atom stereocenters. The van der Waals surface area contributed by atoms with E-state index in [4.69, 9.17) is 9.47 Å². The standard InChI is InChI=1S/C22H28O7/c1-12(2)5-6-15-17(24)11-18(25)16(21(15)26)10-14(23)7-13-8-19(28-3)22(27)20(9-13)29-4/h8-9,11-12,24-27H,5-7,10H2,1-4H3. The average Bonchev–Trinajstić information content (AvgIpc) is 2.65. The van der Waals surface area contributed by atoms with Crippen molar-refractivity contribution in [3.63, 3.8) is 0 Å². The van der Waals surface area contributed by atoms with Crippen LogP contribution in [0.4, 0.5) is 0 Å². The van der Waals surface area contributed by atoms with Gasteiger partial charge in [-0.2, -0.15) is 0 Å². The summed E-state index contributed by atoms with van der Waals surface area (Å²) in [7, 11) is 2.79. The molecule has 2 rings (SSSR count). The summed E-state index contributed by atoms with van der Waals surface area (Å²) < 4.78 is 10.2. The molecule has 0 atom stereocenters. The average molecular weight is 404 g/mol. The highest BCUT2D eigenvalue weighted by Gasteiger charge is 2.21. The molecule has 0 aliphatic heterocycles. The predicted octanol–water partition coefficient (Wildman–Crippen LogP) is 3.47. The molecule has 0 bridgehead atoms. The van der Waals surface area contributed by atoms with Crippen molar-refractivity contribution >= 4 is 5.78 Å². The summed E-state index contributed by atoms with van der Waals surface area (Å²) in [5.41, 5.74) is 0.968. The van der Waals surface area contributed by atoms with Gasteiger partial charge in [-0.3, -0.25) is 4.79 Å². The Kier molecular flexibility index (Phi) is 7.20. The Bertz CT molecular complexity index is 862. The van der Waals surface area contributed by atoms with E-state index < -0.39 is 0 Å². The van der Waals surface area contributed by atoms with Gasteiger partial charge < -0.3 is 29.9 Å². The smallest absolute Gasteiger partial charge is 0.200 e. The second-order valence-corrected chi connectivity index (χ2v) is 7.39. The molecule has 158 valence electrons. The van der Waals surface area contributed by atoms with Crippen LogP contribution < -0.4 is 9.47 Å². The fourth-order valence-corrected chi connectivity index (χ4v) is 3.12. The molecule has 0 heterocycles. The summed E-state index contributed by atoms with van der Waals surface area (Å²) in [5.74, 6) is -0.477. The van der Waals surface area contributed by atoms with Crippen LogP contribution in [0.15, 0.2) is 18.2 Å². The summed E-state index contributed by atoms with van der Waals surface area (Å²) in [6.45, 7) is 4.05. The van der Waals surface area contributed by atoms with Gasteiger partial charge >= 0.3 is 0 Å². The second-order valence-electron chi connectivity index (χ2n) is 7.39. The first-order chi connectivity index (χ1) is 13.7. The van der Waals surface area contributed by atoms with Crippen molar-refractivity contribution in [3.05, 3.63) is 34.9 Å². The van der Waals surface area contributed by atoms with Crippen LogP contribution in [0.5, 0.6) is 34.5 Å². The molecular weight excluding hydrogens is 376 g/mol. The molecule has 0 aliphatic carbocycles. The maximum Gasteiger partial charge on any atom is 0.200 e. The third kappa shape index (κ3) is 5.25. The molecule has 4 N–H and O–H groups in total. The molecule has 0 fully saturated rings. The van der Waals surface area contributed by atoms with Crippen molar-refractivity contribution in [1.82, 2.24) is 0 Å². The summed E-state index contributed by atoms with van der Waals surface area (Å²) in [4.78, 5) is 12.6. The quantitative estimate of drug-likeness (QED) is 0.506. The Hall–Kier alpha value is -3.09. The number of aromatic hydroxyl groups is 4. The molecule has 7 heteroatoms. The predicted molar refractivity (Wildman–Crippen MR) is 108 cm³/mol. The van der Waals surface area contributed by atoms with E-state index in [9.17, 15) is 25.2 Å². The largest absolute Gasteiger partial charge is 0.507 e. The highest BCUT2D eigenvalue weighted by Crippen LogP contribution is 2.40. The normalized spacial score (nSPS) is 10.9. The van der Waals surface area contributed by atoms with Crippen LogP contribution in [-0.4, -0.2) is 40.4 Å². The van der Waals surface area contributed by atoms with E-state index >= 15 is 0 Å². The van der Waals surface area contributed by atoms with Crippen molar-refractivity contribution in [2.24, 2.45) is 5.92 Å². The number of methoxy groups -OCH3 is 2. The number of hydrogen-bond acceptors (Lipinski definition) is 7. The van der Waals surface area contributed by atoms with E-state index in [-0.39, 0.29) is 58.7 Å². The van der Waals surface area contributed by atoms with Gasteiger partial charge in [-0.25, -0.2) is 0 Å². The van der Waals surface area contributed by atoms with Gasteiger partial charge in [0.25, 0.3) is 0 Å². The fourth-order valence-electron chi connectivity index (χ4n) is 3.12. The Balaban J connectivity index is 2.26. The highest BCUT2D eigenvalue weighted by molar-refractivity contribution is 5.85. The first-order valence-electron chi connectivity index (χ1n) is 9.39. The lowest BCUT2D eigenvalue weighted by Crippen LogP contribution is -2.08. The van der Waals surface area contributed by atoms with Crippen molar-refractivity contribution in [3.8, 4) is 34.5 Å². The first-order valence-corrected chi connectivity index (χ1v) is 9.39. The summed E-state index contributed by atoms with van der Waals surface area (Å²) >= 11 is 0. The van der Waals surface area contributed by atoms with E-state index in [1.165, 1.54) is 26.4 Å². The molecule has 2 aromatic rings. The first kappa shape index (κ1) is 22.2. The van der Waals surface area contributed by atoms with Gasteiger partial charge in [0.15, 0.2) is 11.5 Å². The Morgan fingerprint density at radius 1 is 0.862 bits per heavy atom. The van der Waals surface area contributed by atoms with Crippen LogP contribution >= 0.6 is 0 Å². The van der Waals surface area contributed by atoms with Crippen LogP contribution in [0.1, 0.15) is 37.0 Å². The number of ketones is 1. The van der Waals surface area contributed by atoms with Gasteiger partial charge in [0.05, 0.1) is 14.2 Å². The van der Waals surface area contributed by atoms with E-state index in [1.54, 1.807) is 0 Å². The Labute approximate surface area is 170 Å². The third-order valence-corrected chi connectivity index (χ3v) is 4.75. The number of hydrogen-bond donors (Lipinski definition) is 4. The topological polar surface area (TPSA) is 116 Å². The highest BCUT2D eigenvalue weighted by atomic mass is 16.5. The minimum Gasteiger partial charge on any atom is -0.507 e. The zero-order valence-electron chi connectivity index (χ0n) is 17.2. The zero-order valence-corrected chi connectivity index (χ0v) is 17.2. The number of benzene rings is 2. The van der Waals surface area contributed by atoms with Gasteiger partial charge in [0.1, 0.15) is 23.0 Å². The lowest BCUT2D eigenvalue weighted by molar-refractivity contribution is -0.117. The van der Waals surface area contributed by atoms with E-state index in [1.807, 2.05) is 13.8 Å². The van der Waals surface area contributed by atoms with Crippen LogP contribution in [0, 0.1) is 5.92 Å². The molecule has 0 radical (unpaired) electrons. The SMILES string of the molecule is COc1cc(CC(=O)Cc2c(O)cc(O)c(CCC(C)C)c2O)cc(OC)c1O. The van der Waals surface area contributed by atoms with E-state index in [0.29, 0.717) is 23.5 Å². The molecular formula is C22H28O7. The zero-order chi connectivity index (χ0) is 21.7. The fraction of sp³-hybridized carbons (Fsp3) is 0.409. The third-order valence-electron chi connectivity index (χ3n) is 4.75. The molecule has 29 heavy (non-hydrogen) atoms. The van der Waals surface area contributed by atoms with Crippen LogP contribution in [0.3, 0.4) is 0 Å². The van der Waals surface area contributed by atoms with E-state index in [2.05, 4.69) is 0 Å². The molecule has 0 aromatic heterocycles. The van der Waals surface area contributed by atoms with Crippen molar-refractivity contribution in [2.45, 2.75) is 39.5 Å². The van der Waals surface area contributed by atoms with Crippen molar-refractivity contribution in [1.29, 1.82) is 0 Å². The minimum absolute atomic E-state index is 0.0198. The number of carbonyl (C=O) groups excluding carboxylic acids is 1. The number of ether oxygens (including phenoxy) is 2. The van der Waals surface area contributed by atoms with Gasteiger partial charge in [0.2, 0.25) is 5.75 Å². The molecule has 0 saturated carbocycles. The number of rotatable bonds is 9. The van der Waals surface area contributed by atoms with E-state index in [0.717, 1.165) is 12.5 Å². The van der Waals surface area contributed by atoms with Crippen LogP contribution in [-0.2, 0) is 24.1 Å². The maximum absolute atomic E-state index is 12.6. The Morgan fingerprint density at radius 2 is 1.41 bits per heavy atom. The maximum atomic E-state index is 12.6. The lowest BCUT2D eigenvalue weighted by atomic mass is 9.95. The van der Waals surface area contributed by atoms with Crippen LogP contribution in [0.25, 0.3) is 0 Å². The molecule has 0 aliphatic rings. The molecule has 7 nitrogen and oxygen atoms in total. The summed E-state index contributed by atoms with van der Waals surface area (Å²) in [5, 5.41) is 40.7. The number of phenols is 4. The van der Waals surface area contributed by atoms with Gasteiger partial charge in [-0.15, -0.1) is 0 Å². The second kappa shape index (κ2) is 9.41. The van der Waals surface area contributed by atoms with Gasteiger partial charge in [-0.05, 0) is 36.5 Å². The molecule has 2 aromatic carbocycles. The number of Topliss-reactive ketones (excluding diaryl/α,β-unsaturated/α-hetero) is 1. The van der Waals surface area contributed by atoms with Crippen molar-refractivity contribution in [2.75, 3.05) is 14.2 Å². The summed E-state index contributed by atoms with van der Waals surface area (Å²) in [6, 6.07) is 4.21.